The van der Waals surface area contributed by atoms with E-state index in [-0.39, 0.29) is 18.2 Å². The Morgan fingerprint density at radius 2 is 2.03 bits per heavy atom. The molecule has 0 saturated carbocycles. The number of methoxy groups -OCH3 is 1. The minimum absolute atomic E-state index is 0.194. The number of benzene rings is 2. The highest BCUT2D eigenvalue weighted by atomic mass is 79.9. The van der Waals surface area contributed by atoms with Crippen LogP contribution in [0, 0.1) is 11.3 Å². The zero-order valence-corrected chi connectivity index (χ0v) is 17.4. The third kappa shape index (κ3) is 4.25. The molecule has 2 aromatic rings. The van der Waals surface area contributed by atoms with E-state index in [1.54, 1.807) is 37.3 Å². The van der Waals surface area contributed by atoms with Crippen LogP contribution >= 0.6 is 15.9 Å². The molecule has 8 heteroatoms. The van der Waals surface area contributed by atoms with Crippen LogP contribution in [0.25, 0.3) is 6.08 Å². The quantitative estimate of drug-likeness (QED) is 0.527. The SMILES string of the molecule is CCN1C(=O)N/C(=C/c2cc(Br)c(OCc3ccccc3C#N)c(OC)c2)C1=O. The van der Waals surface area contributed by atoms with Gasteiger partial charge in [0.2, 0.25) is 0 Å². The Hall–Kier alpha value is -3.31. The summed E-state index contributed by atoms with van der Waals surface area (Å²) < 4.78 is 11.9. The van der Waals surface area contributed by atoms with Crippen LogP contribution in [0.4, 0.5) is 4.79 Å². The Bertz CT molecular complexity index is 1040. The number of nitrogens with one attached hydrogen (secondary N) is 1. The van der Waals surface area contributed by atoms with Crippen molar-refractivity contribution in [3.8, 4) is 17.6 Å². The van der Waals surface area contributed by atoms with Crippen molar-refractivity contribution < 1.29 is 19.1 Å². The van der Waals surface area contributed by atoms with E-state index in [0.717, 1.165) is 10.5 Å². The van der Waals surface area contributed by atoms with E-state index in [1.807, 2.05) is 12.1 Å². The molecule has 3 amide bonds. The van der Waals surface area contributed by atoms with Gasteiger partial charge in [0.15, 0.2) is 11.5 Å². The van der Waals surface area contributed by atoms with Gasteiger partial charge >= 0.3 is 6.03 Å². The van der Waals surface area contributed by atoms with E-state index >= 15 is 0 Å². The van der Waals surface area contributed by atoms with Gasteiger partial charge in [0.25, 0.3) is 5.91 Å². The van der Waals surface area contributed by atoms with Crippen LogP contribution in [0.3, 0.4) is 0 Å². The van der Waals surface area contributed by atoms with Crippen molar-refractivity contribution in [2.75, 3.05) is 13.7 Å². The molecule has 1 aliphatic rings. The number of imide groups is 1. The maximum atomic E-state index is 12.3. The highest BCUT2D eigenvalue weighted by Gasteiger charge is 2.32. The highest BCUT2D eigenvalue weighted by Crippen LogP contribution is 2.38. The van der Waals surface area contributed by atoms with Crippen LogP contribution in [0.1, 0.15) is 23.6 Å². The molecule has 1 saturated heterocycles. The van der Waals surface area contributed by atoms with E-state index in [1.165, 1.54) is 7.11 Å². The zero-order chi connectivity index (χ0) is 21.0. The van der Waals surface area contributed by atoms with Gasteiger partial charge in [-0.1, -0.05) is 18.2 Å². The number of urea groups is 1. The predicted octanol–water partition coefficient (Wildman–Crippen LogP) is 3.82. The lowest BCUT2D eigenvalue weighted by molar-refractivity contribution is -0.122. The molecule has 7 nitrogen and oxygen atoms in total. The second-order valence-electron chi connectivity index (χ2n) is 6.13. The molecule has 0 spiro atoms. The first kappa shape index (κ1) is 20.4. The monoisotopic (exact) mass is 455 g/mol. The van der Waals surface area contributed by atoms with E-state index in [2.05, 4.69) is 27.3 Å². The summed E-state index contributed by atoms with van der Waals surface area (Å²) in [5.41, 5.74) is 2.15. The van der Waals surface area contributed by atoms with Crippen molar-refractivity contribution >= 4 is 33.9 Å². The van der Waals surface area contributed by atoms with E-state index < -0.39 is 6.03 Å². The fraction of sp³-hybridized carbons (Fsp3) is 0.190. The summed E-state index contributed by atoms with van der Waals surface area (Å²) in [4.78, 5) is 25.2. The maximum absolute atomic E-state index is 12.3. The van der Waals surface area contributed by atoms with Gasteiger partial charge in [-0.3, -0.25) is 9.69 Å². The zero-order valence-electron chi connectivity index (χ0n) is 15.9. The van der Waals surface area contributed by atoms with Crippen LogP contribution in [0.15, 0.2) is 46.6 Å². The molecule has 1 N–H and O–H groups in total. The Kier molecular flexibility index (Phi) is 6.20. The Morgan fingerprint density at radius 3 is 2.69 bits per heavy atom. The maximum Gasteiger partial charge on any atom is 0.328 e. The summed E-state index contributed by atoms with van der Waals surface area (Å²) in [6.07, 6.45) is 1.58. The molecule has 0 aliphatic carbocycles. The van der Waals surface area contributed by atoms with Crippen LogP contribution in [-0.4, -0.2) is 30.5 Å². The number of halogens is 1. The van der Waals surface area contributed by atoms with Gasteiger partial charge in [0.1, 0.15) is 12.3 Å². The van der Waals surface area contributed by atoms with Crippen molar-refractivity contribution in [1.82, 2.24) is 10.2 Å². The first-order chi connectivity index (χ1) is 14.0. The predicted molar refractivity (Wildman–Crippen MR) is 110 cm³/mol. The molecule has 148 valence electrons. The summed E-state index contributed by atoms with van der Waals surface area (Å²) in [6.45, 7) is 2.22. The third-order valence-corrected chi connectivity index (χ3v) is 4.94. The topological polar surface area (TPSA) is 91.7 Å². The number of carbonyl (C=O) groups is 2. The number of carbonyl (C=O) groups excluding carboxylic acids is 2. The van der Waals surface area contributed by atoms with Gasteiger partial charge < -0.3 is 14.8 Å². The van der Waals surface area contributed by atoms with Crippen molar-refractivity contribution in [3.05, 3.63) is 63.3 Å². The number of hydrogen-bond acceptors (Lipinski definition) is 5. The summed E-state index contributed by atoms with van der Waals surface area (Å²) in [6, 6.07) is 12.4. The fourth-order valence-electron chi connectivity index (χ4n) is 2.89. The van der Waals surface area contributed by atoms with E-state index in [0.29, 0.717) is 33.6 Å². The number of likely N-dealkylation sites (N-methyl/N-ethyl adjacent to an activating group) is 1. The van der Waals surface area contributed by atoms with Crippen LogP contribution in [0.2, 0.25) is 0 Å². The molecule has 1 heterocycles. The molecule has 0 unspecified atom stereocenters. The smallest absolute Gasteiger partial charge is 0.328 e. The molecule has 0 atom stereocenters. The van der Waals surface area contributed by atoms with Gasteiger partial charge in [-0.25, -0.2) is 4.79 Å². The standard InChI is InChI=1S/C21H18BrN3O4/c1-3-25-20(26)17(24-21(25)27)9-13-8-16(22)19(18(10-13)28-2)29-12-15-7-5-4-6-14(15)11-23/h4-10H,3,12H2,1-2H3,(H,24,27)/b17-9+. The van der Waals surface area contributed by atoms with E-state index in [9.17, 15) is 14.9 Å². The molecule has 2 aromatic carbocycles. The van der Waals surface area contributed by atoms with Crippen LogP contribution < -0.4 is 14.8 Å². The van der Waals surface area contributed by atoms with Gasteiger partial charge in [0.05, 0.1) is 23.2 Å². The van der Waals surface area contributed by atoms with Gasteiger partial charge in [-0.05, 0) is 52.7 Å². The average Bonchev–Trinajstić information content (AvgIpc) is 2.99. The van der Waals surface area contributed by atoms with Crippen molar-refractivity contribution in [3.63, 3.8) is 0 Å². The molecule has 1 aliphatic heterocycles. The van der Waals surface area contributed by atoms with Crippen molar-refractivity contribution in [1.29, 1.82) is 5.26 Å². The minimum Gasteiger partial charge on any atom is -0.493 e. The lowest BCUT2D eigenvalue weighted by atomic mass is 10.1. The first-order valence-corrected chi connectivity index (χ1v) is 9.60. The molecule has 29 heavy (non-hydrogen) atoms. The lowest BCUT2D eigenvalue weighted by Crippen LogP contribution is -2.30. The van der Waals surface area contributed by atoms with Crippen molar-refractivity contribution in [2.45, 2.75) is 13.5 Å². The van der Waals surface area contributed by atoms with Gasteiger partial charge in [-0.2, -0.15) is 5.26 Å². The van der Waals surface area contributed by atoms with Crippen molar-refractivity contribution in [2.24, 2.45) is 0 Å². The molecule has 0 bridgehead atoms. The van der Waals surface area contributed by atoms with Crippen LogP contribution in [0.5, 0.6) is 11.5 Å². The summed E-state index contributed by atoms with van der Waals surface area (Å²) >= 11 is 3.47. The molecule has 1 fully saturated rings. The summed E-state index contributed by atoms with van der Waals surface area (Å²) in [7, 11) is 1.51. The largest absolute Gasteiger partial charge is 0.493 e. The second kappa shape index (κ2) is 8.80. The lowest BCUT2D eigenvalue weighted by Gasteiger charge is -2.14. The molecule has 0 aromatic heterocycles. The van der Waals surface area contributed by atoms with Gasteiger partial charge in [0, 0.05) is 12.1 Å². The Labute approximate surface area is 176 Å². The molecule has 3 rings (SSSR count). The fourth-order valence-corrected chi connectivity index (χ4v) is 3.47. The number of nitrogens with zero attached hydrogens (tertiary/aromatic N) is 2. The second-order valence-corrected chi connectivity index (χ2v) is 6.98. The minimum atomic E-state index is -0.439. The molecular formula is C21H18BrN3O4. The number of amides is 3. The molecule has 0 radical (unpaired) electrons. The average molecular weight is 456 g/mol. The highest BCUT2D eigenvalue weighted by molar-refractivity contribution is 9.10. The number of nitriles is 1. The summed E-state index contributed by atoms with van der Waals surface area (Å²) in [5.74, 6) is 0.546. The van der Waals surface area contributed by atoms with Gasteiger partial charge in [-0.15, -0.1) is 0 Å². The molecular weight excluding hydrogens is 438 g/mol. The number of ether oxygens (including phenoxy) is 2. The Balaban J connectivity index is 1.87. The summed E-state index contributed by atoms with van der Waals surface area (Å²) in [5, 5.41) is 11.8. The first-order valence-electron chi connectivity index (χ1n) is 8.81. The third-order valence-electron chi connectivity index (χ3n) is 4.35. The van der Waals surface area contributed by atoms with E-state index in [4.69, 9.17) is 9.47 Å². The Morgan fingerprint density at radius 1 is 1.28 bits per heavy atom. The normalized spacial score (nSPS) is 14.7. The number of hydrogen-bond donors (Lipinski definition) is 1. The number of rotatable bonds is 6. The van der Waals surface area contributed by atoms with Crippen LogP contribution in [-0.2, 0) is 11.4 Å².